The second-order valence-corrected chi connectivity index (χ2v) is 4.70. The van der Waals surface area contributed by atoms with Gasteiger partial charge in [-0.2, -0.15) is 0 Å². The maximum atomic E-state index is 11.8. The van der Waals surface area contributed by atoms with Gasteiger partial charge in [0.2, 0.25) is 5.91 Å². The number of halogens is 1. The summed E-state index contributed by atoms with van der Waals surface area (Å²) in [4.78, 5) is 19.4. The second-order valence-electron chi connectivity index (χ2n) is 4.31. The van der Waals surface area contributed by atoms with Gasteiger partial charge in [0.25, 0.3) is 0 Å². The van der Waals surface area contributed by atoms with Crippen LogP contribution in [0.4, 0.5) is 0 Å². The zero-order valence-corrected chi connectivity index (χ0v) is 11.4. The summed E-state index contributed by atoms with van der Waals surface area (Å²) < 4.78 is 0. The highest BCUT2D eigenvalue weighted by molar-refractivity contribution is 6.29. The van der Waals surface area contributed by atoms with Crippen LogP contribution in [0.3, 0.4) is 0 Å². The summed E-state index contributed by atoms with van der Waals surface area (Å²) in [7, 11) is 5.44. The Hall–Kier alpha value is -1.13. The number of carbonyl (C=O) groups is 1. The van der Waals surface area contributed by atoms with Gasteiger partial charge in [-0.15, -0.1) is 0 Å². The number of hydrogen-bond acceptors (Lipinski definition) is 3. The Balaban J connectivity index is 2.62. The van der Waals surface area contributed by atoms with Crippen molar-refractivity contribution in [2.45, 2.75) is 19.5 Å². The van der Waals surface area contributed by atoms with Crippen molar-refractivity contribution < 1.29 is 4.79 Å². The molecule has 0 aliphatic rings. The lowest BCUT2D eigenvalue weighted by molar-refractivity contribution is -0.133. The smallest absolute Gasteiger partial charge is 0.239 e. The van der Waals surface area contributed by atoms with E-state index in [0.29, 0.717) is 11.7 Å². The molecule has 1 amide bonds. The molecular formula is C12H18ClN3O. The molecule has 5 heteroatoms. The number of amides is 1. The largest absolute Gasteiger partial charge is 0.347 e. The third-order valence-electron chi connectivity index (χ3n) is 2.68. The number of hydrogen-bond donors (Lipinski definition) is 0. The van der Waals surface area contributed by atoms with Crippen LogP contribution in [0, 0.1) is 0 Å². The molecule has 0 saturated heterocycles. The van der Waals surface area contributed by atoms with Crippen LogP contribution in [-0.2, 0) is 11.3 Å². The fourth-order valence-electron chi connectivity index (χ4n) is 1.49. The van der Waals surface area contributed by atoms with Crippen molar-refractivity contribution in [3.63, 3.8) is 0 Å². The van der Waals surface area contributed by atoms with E-state index in [1.54, 1.807) is 31.3 Å². The van der Waals surface area contributed by atoms with Crippen LogP contribution in [0.1, 0.15) is 12.5 Å². The summed E-state index contributed by atoms with van der Waals surface area (Å²) in [6.07, 6.45) is 1.73. The van der Waals surface area contributed by atoms with Crippen LogP contribution < -0.4 is 0 Å². The second kappa shape index (κ2) is 5.98. The number of rotatable bonds is 4. The molecule has 0 aliphatic heterocycles. The van der Waals surface area contributed by atoms with Crippen molar-refractivity contribution in [1.29, 1.82) is 0 Å². The molecule has 0 aromatic carbocycles. The van der Waals surface area contributed by atoms with E-state index in [2.05, 4.69) is 4.98 Å². The van der Waals surface area contributed by atoms with Crippen molar-refractivity contribution in [3.05, 3.63) is 29.0 Å². The molecule has 0 fully saturated rings. The van der Waals surface area contributed by atoms with Crippen molar-refractivity contribution in [2.75, 3.05) is 21.1 Å². The van der Waals surface area contributed by atoms with Gasteiger partial charge >= 0.3 is 0 Å². The number of likely N-dealkylation sites (N-methyl/N-ethyl adjacent to an activating group) is 2. The maximum absolute atomic E-state index is 11.8. The van der Waals surface area contributed by atoms with Crippen molar-refractivity contribution in [1.82, 2.24) is 14.8 Å². The SMILES string of the molecule is CC(C(=O)N(C)C)N(C)Cc1ccc(Cl)nc1. The first kappa shape index (κ1) is 13.9. The molecule has 1 heterocycles. The molecular weight excluding hydrogens is 238 g/mol. The fourth-order valence-corrected chi connectivity index (χ4v) is 1.60. The standard InChI is InChI=1S/C12H18ClN3O/c1-9(12(17)15(2)3)16(4)8-10-5-6-11(13)14-7-10/h5-7,9H,8H2,1-4H3. The van der Waals surface area contributed by atoms with Gasteiger partial charge in [0, 0.05) is 26.8 Å². The van der Waals surface area contributed by atoms with E-state index < -0.39 is 0 Å². The molecule has 1 atom stereocenters. The molecule has 0 aliphatic carbocycles. The van der Waals surface area contributed by atoms with Crippen LogP contribution in [0.2, 0.25) is 5.15 Å². The molecule has 1 aromatic heterocycles. The van der Waals surface area contributed by atoms with Crippen LogP contribution in [0.5, 0.6) is 0 Å². The predicted octanol–water partition coefficient (Wildman–Crippen LogP) is 1.64. The first-order chi connectivity index (χ1) is 7.91. The molecule has 1 aromatic rings. The molecule has 0 N–H and O–H groups in total. The Kier molecular flexibility index (Phi) is 4.90. The van der Waals surface area contributed by atoms with Gasteiger partial charge in [-0.3, -0.25) is 9.69 Å². The third-order valence-corrected chi connectivity index (χ3v) is 2.90. The zero-order valence-electron chi connectivity index (χ0n) is 10.6. The number of aromatic nitrogens is 1. The third kappa shape index (κ3) is 3.98. The van der Waals surface area contributed by atoms with Gasteiger partial charge in [0.1, 0.15) is 5.15 Å². The quantitative estimate of drug-likeness (QED) is 0.768. The average molecular weight is 256 g/mol. The average Bonchev–Trinajstić information content (AvgIpc) is 2.30. The molecule has 1 rings (SSSR count). The topological polar surface area (TPSA) is 36.4 Å². The molecule has 0 saturated carbocycles. The Morgan fingerprint density at radius 1 is 1.41 bits per heavy atom. The molecule has 0 radical (unpaired) electrons. The summed E-state index contributed by atoms with van der Waals surface area (Å²) in [6.45, 7) is 2.57. The van der Waals surface area contributed by atoms with Gasteiger partial charge < -0.3 is 4.90 Å². The Morgan fingerprint density at radius 2 is 2.06 bits per heavy atom. The van der Waals surface area contributed by atoms with Crippen LogP contribution >= 0.6 is 11.6 Å². The van der Waals surface area contributed by atoms with Crippen molar-refractivity contribution >= 4 is 17.5 Å². The predicted molar refractivity (Wildman–Crippen MR) is 68.9 cm³/mol. The lowest BCUT2D eigenvalue weighted by Gasteiger charge is -2.26. The van der Waals surface area contributed by atoms with Gasteiger partial charge in [0.15, 0.2) is 0 Å². The van der Waals surface area contributed by atoms with E-state index in [1.807, 2.05) is 24.9 Å². The Morgan fingerprint density at radius 3 is 2.53 bits per heavy atom. The van der Waals surface area contributed by atoms with E-state index in [1.165, 1.54) is 0 Å². The minimum absolute atomic E-state index is 0.0921. The zero-order chi connectivity index (χ0) is 13.0. The van der Waals surface area contributed by atoms with Gasteiger partial charge in [-0.05, 0) is 25.6 Å². The van der Waals surface area contributed by atoms with Crippen LogP contribution in [0.15, 0.2) is 18.3 Å². The molecule has 1 unspecified atom stereocenters. The molecule has 0 spiro atoms. The van der Waals surface area contributed by atoms with Crippen molar-refractivity contribution in [3.8, 4) is 0 Å². The molecule has 0 bridgehead atoms. The maximum Gasteiger partial charge on any atom is 0.239 e. The normalized spacial score (nSPS) is 12.6. The van der Waals surface area contributed by atoms with E-state index in [4.69, 9.17) is 11.6 Å². The van der Waals surface area contributed by atoms with E-state index in [-0.39, 0.29) is 11.9 Å². The summed E-state index contributed by atoms with van der Waals surface area (Å²) in [5, 5.41) is 0.480. The number of pyridine rings is 1. The molecule has 94 valence electrons. The number of nitrogens with zero attached hydrogens (tertiary/aromatic N) is 3. The van der Waals surface area contributed by atoms with Crippen LogP contribution in [-0.4, -0.2) is 47.9 Å². The Bertz CT molecular complexity index is 378. The van der Waals surface area contributed by atoms with E-state index in [0.717, 1.165) is 5.56 Å². The van der Waals surface area contributed by atoms with Gasteiger partial charge in [0.05, 0.1) is 6.04 Å². The van der Waals surface area contributed by atoms with Gasteiger partial charge in [-0.1, -0.05) is 17.7 Å². The summed E-state index contributed by atoms with van der Waals surface area (Å²) in [5.74, 6) is 0.0921. The first-order valence-corrected chi connectivity index (χ1v) is 5.81. The van der Waals surface area contributed by atoms with Gasteiger partial charge in [-0.25, -0.2) is 4.98 Å². The summed E-state index contributed by atoms with van der Waals surface area (Å²) in [5.41, 5.74) is 1.04. The molecule has 17 heavy (non-hydrogen) atoms. The van der Waals surface area contributed by atoms with Crippen LogP contribution in [0.25, 0.3) is 0 Å². The van der Waals surface area contributed by atoms with E-state index in [9.17, 15) is 4.79 Å². The lowest BCUT2D eigenvalue weighted by atomic mass is 10.2. The lowest BCUT2D eigenvalue weighted by Crippen LogP contribution is -2.42. The summed E-state index contributed by atoms with van der Waals surface area (Å²) in [6, 6.07) is 3.52. The van der Waals surface area contributed by atoms with Crippen molar-refractivity contribution in [2.24, 2.45) is 0 Å². The Labute approximate surface area is 107 Å². The number of carbonyl (C=O) groups excluding carboxylic acids is 1. The highest BCUT2D eigenvalue weighted by Crippen LogP contribution is 2.09. The van der Waals surface area contributed by atoms with E-state index >= 15 is 0 Å². The minimum atomic E-state index is -0.152. The highest BCUT2D eigenvalue weighted by atomic mass is 35.5. The fraction of sp³-hybridized carbons (Fsp3) is 0.500. The monoisotopic (exact) mass is 255 g/mol. The minimum Gasteiger partial charge on any atom is -0.347 e. The highest BCUT2D eigenvalue weighted by Gasteiger charge is 2.19. The first-order valence-electron chi connectivity index (χ1n) is 5.43. The molecule has 4 nitrogen and oxygen atoms in total. The summed E-state index contributed by atoms with van der Waals surface area (Å²) >= 11 is 5.72.